The van der Waals surface area contributed by atoms with Crippen molar-refractivity contribution < 1.29 is 4.79 Å². The molecule has 0 atom stereocenters. The Bertz CT molecular complexity index is 602. The van der Waals surface area contributed by atoms with Crippen molar-refractivity contribution in [1.82, 2.24) is 15.5 Å². The average molecular weight is 486 g/mol. The molecule has 1 saturated heterocycles. The molecule has 6 heteroatoms. The lowest BCUT2D eigenvalue weighted by Crippen LogP contribution is -2.39. The molecule has 0 spiro atoms. The van der Waals surface area contributed by atoms with Crippen LogP contribution in [0.15, 0.2) is 29.3 Å². The first kappa shape index (κ1) is 23.7. The van der Waals surface area contributed by atoms with E-state index in [2.05, 4.69) is 60.7 Å². The molecule has 1 amide bonds. The van der Waals surface area contributed by atoms with E-state index in [9.17, 15) is 4.79 Å². The van der Waals surface area contributed by atoms with E-state index in [1.165, 1.54) is 11.1 Å². The molecule has 27 heavy (non-hydrogen) atoms. The van der Waals surface area contributed by atoms with Gasteiger partial charge in [0.15, 0.2) is 5.96 Å². The Balaban J connectivity index is 0.00000364. The summed E-state index contributed by atoms with van der Waals surface area (Å²) in [5, 5.41) is 6.54. The van der Waals surface area contributed by atoms with Gasteiger partial charge in [0.1, 0.15) is 6.54 Å². The van der Waals surface area contributed by atoms with E-state index in [4.69, 9.17) is 0 Å². The molecule has 152 valence electrons. The molecule has 1 heterocycles. The topological polar surface area (TPSA) is 56.7 Å². The summed E-state index contributed by atoms with van der Waals surface area (Å²) in [4.78, 5) is 18.5. The predicted molar refractivity (Wildman–Crippen MR) is 124 cm³/mol. The lowest BCUT2D eigenvalue weighted by molar-refractivity contribution is -0.128. The molecular formula is C21H35IN4O. The molecule has 0 aliphatic carbocycles. The summed E-state index contributed by atoms with van der Waals surface area (Å²) in [6.45, 7) is 12.3. The van der Waals surface area contributed by atoms with Crippen molar-refractivity contribution in [2.24, 2.45) is 4.99 Å². The van der Waals surface area contributed by atoms with Crippen LogP contribution >= 0.6 is 24.0 Å². The van der Waals surface area contributed by atoms with Crippen molar-refractivity contribution in [3.63, 3.8) is 0 Å². The number of rotatable bonds is 6. The summed E-state index contributed by atoms with van der Waals surface area (Å²) in [6.07, 6.45) is 3.15. The van der Waals surface area contributed by atoms with Crippen molar-refractivity contribution in [1.29, 1.82) is 0 Å². The highest BCUT2D eigenvalue weighted by atomic mass is 127. The van der Waals surface area contributed by atoms with Crippen LogP contribution in [0.25, 0.3) is 0 Å². The van der Waals surface area contributed by atoms with Crippen molar-refractivity contribution in [3.8, 4) is 0 Å². The van der Waals surface area contributed by atoms with Gasteiger partial charge in [-0.3, -0.25) is 4.79 Å². The maximum atomic E-state index is 12.1. The van der Waals surface area contributed by atoms with E-state index in [0.717, 1.165) is 45.4 Å². The highest BCUT2D eigenvalue weighted by molar-refractivity contribution is 14.0. The molecule has 0 bridgehead atoms. The molecule has 0 unspecified atom stereocenters. The second-order valence-electron chi connectivity index (χ2n) is 7.91. The molecule has 5 nitrogen and oxygen atoms in total. The molecule has 1 aliphatic heterocycles. The van der Waals surface area contributed by atoms with Crippen LogP contribution in [0.3, 0.4) is 0 Å². The second kappa shape index (κ2) is 11.5. The summed E-state index contributed by atoms with van der Waals surface area (Å²) in [5.41, 5.74) is 2.84. The van der Waals surface area contributed by atoms with E-state index < -0.39 is 0 Å². The van der Waals surface area contributed by atoms with Gasteiger partial charge >= 0.3 is 0 Å². The van der Waals surface area contributed by atoms with E-state index in [-0.39, 0.29) is 41.8 Å². The normalized spacial score (nSPS) is 14.7. The average Bonchev–Trinajstić information content (AvgIpc) is 3.14. The molecule has 1 fully saturated rings. The van der Waals surface area contributed by atoms with Crippen LogP contribution in [0.5, 0.6) is 0 Å². The number of benzene rings is 1. The first-order chi connectivity index (χ1) is 12.4. The number of likely N-dealkylation sites (tertiary alicyclic amines) is 1. The predicted octanol–water partition coefficient (Wildman–Crippen LogP) is 3.32. The number of halogens is 1. The molecule has 1 aliphatic rings. The molecule has 0 aromatic heterocycles. The van der Waals surface area contributed by atoms with Crippen molar-refractivity contribution in [3.05, 3.63) is 35.4 Å². The number of carbonyl (C=O) groups excluding carboxylic acids is 1. The first-order valence-corrected chi connectivity index (χ1v) is 9.79. The molecule has 0 radical (unpaired) electrons. The van der Waals surface area contributed by atoms with Crippen LogP contribution in [-0.2, 0) is 16.6 Å². The molecule has 1 aromatic rings. The van der Waals surface area contributed by atoms with Gasteiger partial charge in [-0.05, 0) is 42.7 Å². The fraction of sp³-hybridized carbons (Fsp3) is 0.619. The van der Waals surface area contributed by atoms with E-state index >= 15 is 0 Å². The Morgan fingerprint density at radius 3 is 2.30 bits per heavy atom. The summed E-state index contributed by atoms with van der Waals surface area (Å²) in [6, 6.07) is 8.82. The van der Waals surface area contributed by atoms with Gasteiger partial charge in [0.2, 0.25) is 5.91 Å². The largest absolute Gasteiger partial charge is 0.357 e. The van der Waals surface area contributed by atoms with Crippen LogP contribution < -0.4 is 10.6 Å². The van der Waals surface area contributed by atoms with Crippen LogP contribution in [0.4, 0.5) is 0 Å². The summed E-state index contributed by atoms with van der Waals surface area (Å²) < 4.78 is 0. The molecule has 1 aromatic carbocycles. The highest BCUT2D eigenvalue weighted by Crippen LogP contribution is 2.22. The van der Waals surface area contributed by atoms with Crippen LogP contribution in [0.2, 0.25) is 0 Å². The van der Waals surface area contributed by atoms with E-state index in [1.54, 1.807) is 0 Å². The third kappa shape index (κ3) is 8.07. The van der Waals surface area contributed by atoms with Crippen molar-refractivity contribution >= 4 is 35.8 Å². The summed E-state index contributed by atoms with van der Waals surface area (Å²) >= 11 is 0. The van der Waals surface area contributed by atoms with Crippen LogP contribution in [0.1, 0.15) is 51.7 Å². The number of carbonyl (C=O) groups is 1. The lowest BCUT2D eigenvalue weighted by atomic mass is 9.86. The van der Waals surface area contributed by atoms with Crippen molar-refractivity contribution in [2.45, 2.75) is 52.4 Å². The van der Waals surface area contributed by atoms with Gasteiger partial charge in [-0.2, -0.15) is 0 Å². The third-order valence-electron chi connectivity index (χ3n) is 4.70. The minimum absolute atomic E-state index is 0. The molecule has 2 rings (SSSR count). The van der Waals surface area contributed by atoms with Gasteiger partial charge in [0.05, 0.1) is 0 Å². The summed E-state index contributed by atoms with van der Waals surface area (Å²) in [7, 11) is 0. The maximum Gasteiger partial charge on any atom is 0.244 e. The Labute approximate surface area is 181 Å². The van der Waals surface area contributed by atoms with Gasteiger partial charge in [0, 0.05) is 26.2 Å². The zero-order chi connectivity index (χ0) is 19.0. The van der Waals surface area contributed by atoms with Gasteiger partial charge < -0.3 is 15.5 Å². The Morgan fingerprint density at radius 1 is 1.11 bits per heavy atom. The number of amides is 1. The number of nitrogens with one attached hydrogen (secondary N) is 2. The molecule has 0 saturated carbocycles. The third-order valence-corrected chi connectivity index (χ3v) is 4.70. The number of aliphatic imine (C=N–C) groups is 1. The van der Waals surface area contributed by atoms with Crippen LogP contribution in [0, 0.1) is 0 Å². The fourth-order valence-corrected chi connectivity index (χ4v) is 3.05. The number of nitrogens with zero attached hydrogens (tertiary/aromatic N) is 2. The number of hydrogen-bond acceptors (Lipinski definition) is 2. The minimum atomic E-state index is 0. The second-order valence-corrected chi connectivity index (χ2v) is 7.91. The Morgan fingerprint density at radius 2 is 1.74 bits per heavy atom. The first-order valence-electron chi connectivity index (χ1n) is 9.79. The molecule has 2 N–H and O–H groups in total. The van der Waals surface area contributed by atoms with Crippen molar-refractivity contribution in [2.75, 3.05) is 32.7 Å². The standard InChI is InChI=1S/C21H34N4O.HI/c1-5-22-20(24-16-19(26)25-14-6-7-15-25)23-13-12-17-8-10-18(11-9-17)21(2,3)4;/h8-11H,5-7,12-16H2,1-4H3,(H2,22,23,24);1H. The van der Waals surface area contributed by atoms with Gasteiger partial charge in [-0.15, -0.1) is 24.0 Å². The zero-order valence-electron chi connectivity index (χ0n) is 17.2. The van der Waals surface area contributed by atoms with Gasteiger partial charge in [-0.25, -0.2) is 4.99 Å². The highest BCUT2D eigenvalue weighted by Gasteiger charge is 2.17. The number of guanidine groups is 1. The summed E-state index contributed by atoms with van der Waals surface area (Å²) in [5.74, 6) is 0.837. The van der Waals surface area contributed by atoms with Gasteiger partial charge in [-0.1, -0.05) is 45.0 Å². The van der Waals surface area contributed by atoms with E-state index in [0.29, 0.717) is 5.96 Å². The lowest BCUT2D eigenvalue weighted by Gasteiger charge is -2.19. The quantitative estimate of drug-likeness (QED) is 0.369. The maximum absolute atomic E-state index is 12.1. The Kier molecular flexibility index (Phi) is 10.1. The van der Waals surface area contributed by atoms with Gasteiger partial charge in [0.25, 0.3) is 0 Å². The smallest absolute Gasteiger partial charge is 0.244 e. The SMILES string of the molecule is CCNC(=NCC(=O)N1CCCC1)NCCc1ccc(C(C)(C)C)cc1.I. The minimum Gasteiger partial charge on any atom is -0.357 e. The Hall–Kier alpha value is -1.31. The number of hydrogen-bond donors (Lipinski definition) is 2. The van der Waals surface area contributed by atoms with Crippen LogP contribution in [-0.4, -0.2) is 49.5 Å². The zero-order valence-corrected chi connectivity index (χ0v) is 19.5. The molecular weight excluding hydrogens is 451 g/mol. The van der Waals surface area contributed by atoms with E-state index in [1.807, 2.05) is 11.8 Å². The fourth-order valence-electron chi connectivity index (χ4n) is 3.05. The monoisotopic (exact) mass is 486 g/mol.